The summed E-state index contributed by atoms with van der Waals surface area (Å²) in [5, 5.41) is 3.44. The van der Waals surface area contributed by atoms with Crippen LogP contribution in [0.5, 0.6) is 0 Å². The number of benzene rings is 1. The quantitative estimate of drug-likeness (QED) is 0.814. The first-order valence-electron chi connectivity index (χ1n) is 5.08. The molecular formula is C12H17Br2N. The smallest absolute Gasteiger partial charge is 0.0628 e. The monoisotopic (exact) mass is 333 g/mol. The van der Waals surface area contributed by atoms with Gasteiger partial charge in [-0.3, -0.25) is 0 Å². The van der Waals surface area contributed by atoms with E-state index in [1.165, 1.54) is 0 Å². The van der Waals surface area contributed by atoms with Crippen LogP contribution in [0.3, 0.4) is 0 Å². The van der Waals surface area contributed by atoms with E-state index in [9.17, 15) is 0 Å². The van der Waals surface area contributed by atoms with E-state index in [1.807, 2.05) is 18.2 Å². The lowest BCUT2D eigenvalue weighted by Gasteiger charge is -2.19. The van der Waals surface area contributed by atoms with E-state index in [-0.39, 0.29) is 0 Å². The normalized spacial score (nSPS) is 11.5. The third-order valence-corrected chi connectivity index (χ3v) is 3.46. The van der Waals surface area contributed by atoms with Crippen molar-refractivity contribution in [2.45, 2.75) is 27.2 Å². The number of anilines is 1. The van der Waals surface area contributed by atoms with E-state index < -0.39 is 0 Å². The van der Waals surface area contributed by atoms with E-state index in [0.717, 1.165) is 27.6 Å². The van der Waals surface area contributed by atoms with Crippen molar-refractivity contribution in [1.82, 2.24) is 0 Å². The van der Waals surface area contributed by atoms with Gasteiger partial charge in [0, 0.05) is 15.5 Å². The zero-order valence-electron chi connectivity index (χ0n) is 9.40. The van der Waals surface area contributed by atoms with Crippen LogP contribution in [0.15, 0.2) is 27.1 Å². The molecule has 84 valence electrons. The minimum Gasteiger partial charge on any atom is -0.383 e. The summed E-state index contributed by atoms with van der Waals surface area (Å²) in [6.45, 7) is 7.75. The molecule has 1 aromatic carbocycles. The lowest BCUT2D eigenvalue weighted by molar-refractivity contribution is 0.390. The molecule has 0 saturated carbocycles. The van der Waals surface area contributed by atoms with Gasteiger partial charge in [0.1, 0.15) is 0 Å². The average Bonchev–Trinajstić information content (AvgIpc) is 2.08. The summed E-state index contributed by atoms with van der Waals surface area (Å²) in [7, 11) is 0. The SMILES string of the molecule is CC(C)(C)CCNc1c(Br)cccc1Br. The Labute approximate surface area is 109 Å². The number of para-hydroxylation sites is 1. The Hall–Kier alpha value is -0.0200. The number of hydrogen-bond acceptors (Lipinski definition) is 1. The summed E-state index contributed by atoms with van der Waals surface area (Å²) in [6, 6.07) is 6.11. The van der Waals surface area contributed by atoms with Gasteiger partial charge >= 0.3 is 0 Å². The van der Waals surface area contributed by atoms with Crippen molar-refractivity contribution in [3.63, 3.8) is 0 Å². The van der Waals surface area contributed by atoms with Crippen LogP contribution < -0.4 is 5.32 Å². The largest absolute Gasteiger partial charge is 0.383 e. The Morgan fingerprint density at radius 1 is 1.13 bits per heavy atom. The summed E-state index contributed by atoms with van der Waals surface area (Å²) < 4.78 is 2.21. The second-order valence-corrected chi connectivity index (χ2v) is 6.54. The molecule has 0 atom stereocenters. The molecule has 1 aromatic rings. The molecule has 0 aliphatic carbocycles. The molecule has 1 nitrogen and oxygen atoms in total. The highest BCUT2D eigenvalue weighted by Crippen LogP contribution is 2.31. The van der Waals surface area contributed by atoms with Crippen molar-refractivity contribution in [2.75, 3.05) is 11.9 Å². The van der Waals surface area contributed by atoms with Crippen LogP contribution in [-0.4, -0.2) is 6.54 Å². The zero-order valence-corrected chi connectivity index (χ0v) is 12.6. The van der Waals surface area contributed by atoms with E-state index in [4.69, 9.17) is 0 Å². The molecular weight excluding hydrogens is 318 g/mol. The van der Waals surface area contributed by atoms with Crippen LogP contribution in [0.4, 0.5) is 5.69 Å². The number of nitrogens with one attached hydrogen (secondary N) is 1. The van der Waals surface area contributed by atoms with Crippen LogP contribution in [0.1, 0.15) is 27.2 Å². The molecule has 0 radical (unpaired) electrons. The minimum atomic E-state index is 0.376. The van der Waals surface area contributed by atoms with Crippen molar-refractivity contribution in [1.29, 1.82) is 0 Å². The fraction of sp³-hybridized carbons (Fsp3) is 0.500. The van der Waals surface area contributed by atoms with Crippen molar-refractivity contribution in [3.05, 3.63) is 27.1 Å². The first-order valence-corrected chi connectivity index (χ1v) is 6.67. The van der Waals surface area contributed by atoms with Gasteiger partial charge < -0.3 is 5.32 Å². The van der Waals surface area contributed by atoms with Crippen LogP contribution in [0.25, 0.3) is 0 Å². The highest BCUT2D eigenvalue weighted by Gasteiger charge is 2.10. The number of rotatable bonds is 3. The van der Waals surface area contributed by atoms with Gasteiger partial charge in [0.25, 0.3) is 0 Å². The molecule has 3 heteroatoms. The molecule has 0 fully saturated rings. The minimum absolute atomic E-state index is 0.376. The third-order valence-electron chi connectivity index (χ3n) is 2.14. The summed E-state index contributed by atoms with van der Waals surface area (Å²) in [6.07, 6.45) is 1.15. The standard InChI is InChI=1S/C12H17Br2N/c1-12(2,3)7-8-15-11-9(13)5-4-6-10(11)14/h4-6,15H,7-8H2,1-3H3. The molecule has 0 heterocycles. The van der Waals surface area contributed by atoms with Gasteiger partial charge in [-0.1, -0.05) is 26.8 Å². The van der Waals surface area contributed by atoms with Gasteiger partial charge in [0.05, 0.1) is 5.69 Å². The van der Waals surface area contributed by atoms with E-state index in [2.05, 4.69) is 57.9 Å². The van der Waals surface area contributed by atoms with Crippen LogP contribution >= 0.6 is 31.9 Å². The summed E-state index contributed by atoms with van der Waals surface area (Å²) in [5.41, 5.74) is 1.52. The molecule has 0 spiro atoms. The Bertz CT molecular complexity index is 309. The molecule has 1 N–H and O–H groups in total. The Kier molecular flexibility index (Phi) is 4.65. The predicted molar refractivity (Wildman–Crippen MR) is 74.4 cm³/mol. The highest BCUT2D eigenvalue weighted by molar-refractivity contribution is 9.11. The van der Waals surface area contributed by atoms with Gasteiger partial charge in [-0.05, 0) is 55.8 Å². The van der Waals surface area contributed by atoms with Crippen molar-refractivity contribution < 1.29 is 0 Å². The average molecular weight is 335 g/mol. The zero-order chi connectivity index (χ0) is 11.5. The van der Waals surface area contributed by atoms with Gasteiger partial charge in [0.2, 0.25) is 0 Å². The molecule has 15 heavy (non-hydrogen) atoms. The molecule has 0 aliphatic heterocycles. The van der Waals surface area contributed by atoms with Gasteiger partial charge in [-0.2, -0.15) is 0 Å². The fourth-order valence-electron chi connectivity index (χ4n) is 1.23. The highest BCUT2D eigenvalue weighted by atomic mass is 79.9. The maximum absolute atomic E-state index is 3.54. The van der Waals surface area contributed by atoms with Crippen molar-refractivity contribution in [3.8, 4) is 0 Å². The number of halogens is 2. The van der Waals surface area contributed by atoms with Crippen LogP contribution in [-0.2, 0) is 0 Å². The van der Waals surface area contributed by atoms with Crippen LogP contribution in [0, 0.1) is 5.41 Å². The third kappa shape index (κ3) is 4.56. The molecule has 0 saturated heterocycles. The molecule has 0 unspecified atom stereocenters. The van der Waals surface area contributed by atoms with Gasteiger partial charge in [0.15, 0.2) is 0 Å². The van der Waals surface area contributed by atoms with Crippen LogP contribution in [0.2, 0.25) is 0 Å². The predicted octanol–water partition coefficient (Wildman–Crippen LogP) is 5.06. The second kappa shape index (κ2) is 5.35. The molecule has 1 rings (SSSR count). The topological polar surface area (TPSA) is 12.0 Å². The molecule has 0 aromatic heterocycles. The Balaban J connectivity index is 2.58. The summed E-state index contributed by atoms with van der Waals surface area (Å²) >= 11 is 7.07. The molecule has 0 aliphatic rings. The maximum Gasteiger partial charge on any atom is 0.0628 e. The first-order chi connectivity index (χ1) is 6.90. The van der Waals surface area contributed by atoms with Crippen molar-refractivity contribution >= 4 is 37.5 Å². The Morgan fingerprint density at radius 3 is 2.13 bits per heavy atom. The number of hydrogen-bond donors (Lipinski definition) is 1. The summed E-state index contributed by atoms with van der Waals surface area (Å²) in [5.74, 6) is 0. The molecule has 0 amide bonds. The van der Waals surface area contributed by atoms with Crippen molar-refractivity contribution in [2.24, 2.45) is 5.41 Å². The lowest BCUT2D eigenvalue weighted by Crippen LogP contribution is -2.13. The lowest BCUT2D eigenvalue weighted by atomic mass is 9.92. The summed E-state index contributed by atoms with van der Waals surface area (Å²) in [4.78, 5) is 0. The van der Waals surface area contributed by atoms with Gasteiger partial charge in [-0.25, -0.2) is 0 Å². The Morgan fingerprint density at radius 2 is 1.67 bits per heavy atom. The van der Waals surface area contributed by atoms with E-state index in [0.29, 0.717) is 5.41 Å². The fourth-order valence-corrected chi connectivity index (χ4v) is 2.51. The van der Waals surface area contributed by atoms with Gasteiger partial charge in [-0.15, -0.1) is 0 Å². The maximum atomic E-state index is 3.54. The molecule has 0 bridgehead atoms. The second-order valence-electron chi connectivity index (χ2n) is 4.83. The van der Waals surface area contributed by atoms with E-state index >= 15 is 0 Å². The van der Waals surface area contributed by atoms with E-state index in [1.54, 1.807) is 0 Å². The first kappa shape index (κ1) is 13.0.